The lowest BCUT2D eigenvalue weighted by atomic mass is 10.4. The fourth-order valence-electron chi connectivity index (χ4n) is 0.769. The van der Waals surface area contributed by atoms with Crippen molar-refractivity contribution in [1.82, 2.24) is 0 Å². The van der Waals surface area contributed by atoms with E-state index in [0.29, 0.717) is 5.78 Å². The Balaban J connectivity index is 0.000000180. The van der Waals surface area contributed by atoms with Gasteiger partial charge in [-0.2, -0.15) is 0 Å². The summed E-state index contributed by atoms with van der Waals surface area (Å²) < 4.78 is 0. The molecule has 1 aliphatic rings. The van der Waals surface area contributed by atoms with Gasteiger partial charge in [0.05, 0.1) is 13.2 Å². The molecule has 1 saturated carbocycles. The van der Waals surface area contributed by atoms with Crippen molar-refractivity contribution in [3.63, 3.8) is 0 Å². The predicted molar refractivity (Wildman–Crippen MR) is 37.6 cm³/mol. The fourth-order valence-corrected chi connectivity index (χ4v) is 0.769. The van der Waals surface area contributed by atoms with E-state index in [1.807, 2.05) is 0 Å². The van der Waals surface area contributed by atoms with E-state index < -0.39 is 0 Å². The first kappa shape index (κ1) is 9.59. The van der Waals surface area contributed by atoms with E-state index in [-0.39, 0.29) is 13.2 Å². The molecule has 0 amide bonds. The highest BCUT2D eigenvalue weighted by Crippen LogP contribution is 2.11. The highest BCUT2D eigenvalue weighted by atomic mass is 16.3. The lowest BCUT2D eigenvalue weighted by Crippen LogP contribution is -1.85. The predicted octanol–water partition coefficient (Wildman–Crippen LogP) is 0.101. The third-order valence-corrected chi connectivity index (χ3v) is 1.26. The molecule has 3 heteroatoms. The second-order valence-corrected chi connectivity index (χ2v) is 2.19. The summed E-state index contributed by atoms with van der Waals surface area (Å²) in [5, 5.41) is 15.2. The fraction of sp³-hybridized carbons (Fsp3) is 0.857. The van der Waals surface area contributed by atoms with E-state index in [4.69, 9.17) is 10.2 Å². The van der Waals surface area contributed by atoms with Gasteiger partial charge in [0.2, 0.25) is 0 Å². The molecule has 0 bridgehead atoms. The summed E-state index contributed by atoms with van der Waals surface area (Å²) in [4.78, 5) is 10.2. The van der Waals surface area contributed by atoms with Crippen molar-refractivity contribution in [1.29, 1.82) is 0 Å². The van der Waals surface area contributed by atoms with Crippen LogP contribution < -0.4 is 0 Å². The van der Waals surface area contributed by atoms with Crippen LogP contribution in [-0.2, 0) is 4.79 Å². The van der Waals surface area contributed by atoms with Crippen LogP contribution in [0.1, 0.15) is 25.7 Å². The standard InChI is InChI=1S/C5H8O.C2H6O2/c6-5-3-1-2-4-5;3-1-2-4/h1-4H2;3-4H,1-2H2. The van der Waals surface area contributed by atoms with E-state index in [1.165, 1.54) is 0 Å². The molecule has 0 aromatic carbocycles. The second-order valence-electron chi connectivity index (χ2n) is 2.19. The minimum Gasteiger partial charge on any atom is -0.394 e. The largest absolute Gasteiger partial charge is 0.394 e. The molecule has 3 nitrogen and oxygen atoms in total. The van der Waals surface area contributed by atoms with Crippen molar-refractivity contribution >= 4 is 5.78 Å². The zero-order valence-electron chi connectivity index (χ0n) is 6.05. The summed E-state index contributed by atoms with van der Waals surface area (Å²) in [6, 6.07) is 0. The van der Waals surface area contributed by atoms with Crippen LogP contribution in [0.3, 0.4) is 0 Å². The molecule has 0 aliphatic heterocycles. The lowest BCUT2D eigenvalue weighted by molar-refractivity contribution is -0.117. The van der Waals surface area contributed by atoms with Crippen LogP contribution in [-0.4, -0.2) is 29.2 Å². The minimum atomic E-state index is -0.125. The quantitative estimate of drug-likeness (QED) is 0.551. The summed E-state index contributed by atoms with van der Waals surface area (Å²) in [6.45, 7) is -0.250. The van der Waals surface area contributed by atoms with E-state index in [9.17, 15) is 4.79 Å². The average molecular weight is 146 g/mol. The van der Waals surface area contributed by atoms with Crippen molar-refractivity contribution in [2.24, 2.45) is 0 Å². The van der Waals surface area contributed by atoms with Gasteiger partial charge in [-0.15, -0.1) is 0 Å². The third kappa shape index (κ3) is 5.72. The molecule has 0 radical (unpaired) electrons. The maximum Gasteiger partial charge on any atom is 0.132 e. The van der Waals surface area contributed by atoms with Gasteiger partial charge in [-0.25, -0.2) is 0 Å². The van der Waals surface area contributed by atoms with Crippen LogP contribution >= 0.6 is 0 Å². The third-order valence-electron chi connectivity index (χ3n) is 1.26. The van der Waals surface area contributed by atoms with Crippen LogP contribution in [0.25, 0.3) is 0 Å². The SMILES string of the molecule is O=C1CCCC1.OCCO. The summed E-state index contributed by atoms with van der Waals surface area (Å²) in [5.74, 6) is 0.454. The van der Waals surface area contributed by atoms with Gasteiger partial charge in [0.15, 0.2) is 0 Å². The Labute approximate surface area is 60.7 Å². The van der Waals surface area contributed by atoms with Crippen molar-refractivity contribution in [2.45, 2.75) is 25.7 Å². The van der Waals surface area contributed by atoms with E-state index in [1.54, 1.807) is 0 Å². The summed E-state index contributed by atoms with van der Waals surface area (Å²) in [6.07, 6.45) is 3.97. The molecule has 0 saturated heterocycles. The maximum absolute atomic E-state index is 10.2. The van der Waals surface area contributed by atoms with Crippen molar-refractivity contribution in [2.75, 3.05) is 13.2 Å². The second kappa shape index (κ2) is 6.71. The molecule has 0 aromatic heterocycles. The van der Waals surface area contributed by atoms with Crippen molar-refractivity contribution < 1.29 is 15.0 Å². The molecule has 60 valence electrons. The van der Waals surface area contributed by atoms with Gasteiger partial charge < -0.3 is 10.2 Å². The van der Waals surface area contributed by atoms with Gasteiger partial charge in [-0.3, -0.25) is 4.79 Å². The highest BCUT2D eigenvalue weighted by Gasteiger charge is 2.07. The molecule has 0 aromatic rings. The molecule has 1 fully saturated rings. The first-order valence-electron chi connectivity index (χ1n) is 3.54. The van der Waals surface area contributed by atoms with E-state index >= 15 is 0 Å². The van der Waals surface area contributed by atoms with Crippen LogP contribution in [0.4, 0.5) is 0 Å². The number of aliphatic hydroxyl groups is 2. The normalized spacial score (nSPS) is 16.4. The number of rotatable bonds is 1. The molecule has 0 atom stereocenters. The molecule has 0 unspecified atom stereocenters. The molecule has 1 aliphatic carbocycles. The van der Waals surface area contributed by atoms with Gasteiger partial charge in [0.1, 0.15) is 5.78 Å². The maximum atomic E-state index is 10.2. The van der Waals surface area contributed by atoms with Crippen molar-refractivity contribution in [3.05, 3.63) is 0 Å². The minimum absolute atomic E-state index is 0.125. The molecular formula is C7H14O3. The Hall–Kier alpha value is -0.410. The average Bonchev–Trinajstić information content (AvgIpc) is 2.40. The summed E-state index contributed by atoms with van der Waals surface area (Å²) >= 11 is 0. The highest BCUT2D eigenvalue weighted by molar-refractivity contribution is 5.79. The van der Waals surface area contributed by atoms with Crippen molar-refractivity contribution in [3.8, 4) is 0 Å². The number of carbonyl (C=O) groups excluding carboxylic acids is 1. The molecule has 0 heterocycles. The lowest BCUT2D eigenvalue weighted by Gasteiger charge is -1.71. The van der Waals surface area contributed by atoms with E-state index in [0.717, 1.165) is 25.7 Å². The van der Waals surface area contributed by atoms with E-state index in [2.05, 4.69) is 0 Å². The smallest absolute Gasteiger partial charge is 0.132 e. The molecule has 0 spiro atoms. The number of aliphatic hydroxyl groups excluding tert-OH is 2. The number of ketones is 1. The Morgan fingerprint density at radius 3 is 1.60 bits per heavy atom. The van der Waals surface area contributed by atoms with Crippen LogP contribution in [0.5, 0.6) is 0 Å². The number of carbonyl (C=O) groups is 1. The monoisotopic (exact) mass is 146 g/mol. The zero-order chi connectivity index (χ0) is 7.82. The Morgan fingerprint density at radius 2 is 1.50 bits per heavy atom. The number of hydrogen-bond donors (Lipinski definition) is 2. The van der Waals surface area contributed by atoms with Gasteiger partial charge in [-0.05, 0) is 12.8 Å². The summed E-state index contributed by atoms with van der Waals surface area (Å²) in [7, 11) is 0. The van der Waals surface area contributed by atoms with Gasteiger partial charge in [0.25, 0.3) is 0 Å². The molecule has 2 N–H and O–H groups in total. The Bertz CT molecular complexity index is 80.9. The Morgan fingerprint density at radius 1 is 1.10 bits per heavy atom. The van der Waals surface area contributed by atoms with Gasteiger partial charge in [-0.1, -0.05) is 0 Å². The molecule has 10 heavy (non-hydrogen) atoms. The Kier molecular flexibility index (Phi) is 6.43. The first-order valence-corrected chi connectivity index (χ1v) is 3.54. The molecular weight excluding hydrogens is 132 g/mol. The van der Waals surface area contributed by atoms with Gasteiger partial charge >= 0.3 is 0 Å². The first-order chi connectivity index (χ1) is 4.81. The van der Waals surface area contributed by atoms with Gasteiger partial charge in [0, 0.05) is 12.8 Å². The zero-order valence-corrected chi connectivity index (χ0v) is 6.05. The molecule has 1 rings (SSSR count). The number of Topliss-reactive ketones (excluding diaryl/α,β-unsaturated/α-hetero) is 1. The van der Waals surface area contributed by atoms with Crippen LogP contribution in [0.15, 0.2) is 0 Å². The van der Waals surface area contributed by atoms with Crippen LogP contribution in [0.2, 0.25) is 0 Å². The summed E-state index contributed by atoms with van der Waals surface area (Å²) in [5.41, 5.74) is 0. The topological polar surface area (TPSA) is 57.5 Å². The van der Waals surface area contributed by atoms with Crippen LogP contribution in [0, 0.1) is 0 Å². The number of hydrogen-bond acceptors (Lipinski definition) is 3.